The summed E-state index contributed by atoms with van der Waals surface area (Å²) in [4.78, 5) is 0. The Morgan fingerprint density at radius 2 is 2.00 bits per heavy atom. The zero-order chi connectivity index (χ0) is 9.14. The first-order valence-corrected chi connectivity index (χ1v) is 3.71. The van der Waals surface area contributed by atoms with Crippen LogP contribution >= 0.6 is 0 Å². The number of aryl methyl sites for hydroxylation is 1. The molecule has 0 aromatic heterocycles. The van der Waals surface area contributed by atoms with E-state index in [1.165, 1.54) is 0 Å². The lowest BCUT2D eigenvalue weighted by molar-refractivity contribution is 0.116. The molecule has 0 spiro atoms. The van der Waals surface area contributed by atoms with Gasteiger partial charge in [0.05, 0.1) is 6.04 Å². The molecule has 0 aliphatic rings. The normalized spacial score (nSPS) is 13.4. The van der Waals surface area contributed by atoms with Gasteiger partial charge in [-0.05, 0) is 12.5 Å². The highest BCUT2D eigenvalue weighted by Crippen LogP contribution is 2.18. The van der Waals surface area contributed by atoms with Gasteiger partial charge >= 0.3 is 0 Å². The number of benzene rings is 1. The van der Waals surface area contributed by atoms with Crippen molar-refractivity contribution >= 4 is 0 Å². The van der Waals surface area contributed by atoms with Crippen LogP contribution in [0.2, 0.25) is 0 Å². The highest BCUT2D eigenvalue weighted by molar-refractivity contribution is 5.25. The minimum absolute atomic E-state index is 0.491. The van der Waals surface area contributed by atoms with E-state index in [1.54, 1.807) is 18.2 Å². The SMILES string of the molecule is Cc1cccc([C@H](N)C(F)F)c1. The zero-order valence-corrected chi connectivity index (χ0v) is 6.80. The quantitative estimate of drug-likeness (QED) is 0.725. The number of rotatable bonds is 2. The van der Waals surface area contributed by atoms with Crippen molar-refractivity contribution in [1.82, 2.24) is 0 Å². The fourth-order valence-electron chi connectivity index (χ4n) is 1.02. The molecule has 0 fully saturated rings. The lowest BCUT2D eigenvalue weighted by Gasteiger charge is -2.10. The highest BCUT2D eigenvalue weighted by atomic mass is 19.3. The fraction of sp³-hybridized carbons (Fsp3) is 0.333. The van der Waals surface area contributed by atoms with Gasteiger partial charge < -0.3 is 5.73 Å². The van der Waals surface area contributed by atoms with Crippen LogP contribution in [0.4, 0.5) is 8.78 Å². The average molecular weight is 171 g/mol. The second kappa shape index (κ2) is 3.63. The standard InChI is InChI=1S/C9H11F2N/c1-6-3-2-4-7(5-6)8(12)9(10)11/h2-5,8-9H,12H2,1H3/t8-/m0/s1. The molecule has 0 radical (unpaired) electrons. The first-order chi connectivity index (χ1) is 5.61. The third kappa shape index (κ3) is 2.01. The maximum absolute atomic E-state index is 12.1. The topological polar surface area (TPSA) is 26.0 Å². The van der Waals surface area contributed by atoms with Gasteiger partial charge in [0, 0.05) is 0 Å². The summed E-state index contributed by atoms with van der Waals surface area (Å²) >= 11 is 0. The van der Waals surface area contributed by atoms with E-state index in [1.807, 2.05) is 13.0 Å². The van der Waals surface area contributed by atoms with Crippen molar-refractivity contribution in [3.05, 3.63) is 35.4 Å². The molecule has 2 N–H and O–H groups in total. The van der Waals surface area contributed by atoms with Crippen LogP contribution < -0.4 is 5.73 Å². The highest BCUT2D eigenvalue weighted by Gasteiger charge is 2.16. The van der Waals surface area contributed by atoms with Crippen LogP contribution in [0.25, 0.3) is 0 Å². The van der Waals surface area contributed by atoms with Gasteiger partial charge in [-0.2, -0.15) is 0 Å². The van der Waals surface area contributed by atoms with Crippen LogP contribution in [-0.2, 0) is 0 Å². The minimum atomic E-state index is -2.49. The van der Waals surface area contributed by atoms with E-state index in [-0.39, 0.29) is 0 Å². The predicted octanol–water partition coefficient (Wildman–Crippen LogP) is 2.26. The summed E-state index contributed by atoms with van der Waals surface area (Å²) in [7, 11) is 0. The first-order valence-electron chi connectivity index (χ1n) is 3.71. The van der Waals surface area contributed by atoms with Gasteiger partial charge in [0.15, 0.2) is 0 Å². The Balaban J connectivity index is 2.88. The molecule has 0 aliphatic carbocycles. The summed E-state index contributed by atoms with van der Waals surface area (Å²) in [6, 6.07) is 5.71. The van der Waals surface area contributed by atoms with E-state index < -0.39 is 12.5 Å². The molecule has 0 saturated carbocycles. The summed E-state index contributed by atoms with van der Waals surface area (Å²) < 4.78 is 24.2. The van der Waals surface area contributed by atoms with Crippen LogP contribution in [0.3, 0.4) is 0 Å². The summed E-state index contributed by atoms with van der Waals surface area (Å²) in [5, 5.41) is 0. The molecule has 12 heavy (non-hydrogen) atoms. The number of nitrogens with two attached hydrogens (primary N) is 1. The molecule has 1 atom stereocenters. The summed E-state index contributed by atoms with van der Waals surface area (Å²) in [5.74, 6) is 0. The van der Waals surface area contributed by atoms with Crippen molar-refractivity contribution < 1.29 is 8.78 Å². The van der Waals surface area contributed by atoms with E-state index >= 15 is 0 Å². The Labute approximate surface area is 70.2 Å². The van der Waals surface area contributed by atoms with Gasteiger partial charge in [0.1, 0.15) is 0 Å². The molecule has 0 bridgehead atoms. The molecule has 1 nitrogen and oxygen atoms in total. The van der Waals surface area contributed by atoms with Gasteiger partial charge in [-0.15, -0.1) is 0 Å². The van der Waals surface area contributed by atoms with Gasteiger partial charge in [-0.1, -0.05) is 29.8 Å². The van der Waals surface area contributed by atoms with Crippen LogP contribution in [0.1, 0.15) is 17.2 Å². The summed E-state index contributed by atoms with van der Waals surface area (Å²) in [6.45, 7) is 1.85. The van der Waals surface area contributed by atoms with E-state index in [0.29, 0.717) is 5.56 Å². The molecular formula is C9H11F2N. The Morgan fingerprint density at radius 1 is 1.33 bits per heavy atom. The largest absolute Gasteiger partial charge is 0.319 e. The minimum Gasteiger partial charge on any atom is -0.319 e. The molecular weight excluding hydrogens is 160 g/mol. The average Bonchev–Trinajstić information content (AvgIpc) is 2.03. The Bertz CT molecular complexity index is 260. The Morgan fingerprint density at radius 3 is 2.50 bits per heavy atom. The maximum Gasteiger partial charge on any atom is 0.257 e. The number of alkyl halides is 2. The molecule has 1 rings (SSSR count). The van der Waals surface area contributed by atoms with Crippen LogP contribution in [0, 0.1) is 6.92 Å². The smallest absolute Gasteiger partial charge is 0.257 e. The van der Waals surface area contributed by atoms with Crippen molar-refractivity contribution in [3.8, 4) is 0 Å². The molecule has 3 heteroatoms. The number of hydrogen-bond donors (Lipinski definition) is 1. The van der Waals surface area contributed by atoms with Crippen LogP contribution in [-0.4, -0.2) is 6.43 Å². The van der Waals surface area contributed by atoms with E-state index in [4.69, 9.17) is 5.73 Å². The van der Waals surface area contributed by atoms with Crippen LogP contribution in [0.15, 0.2) is 24.3 Å². The third-order valence-corrected chi connectivity index (χ3v) is 1.70. The van der Waals surface area contributed by atoms with E-state index in [9.17, 15) is 8.78 Å². The molecule has 1 aromatic rings. The second-order valence-electron chi connectivity index (χ2n) is 2.77. The fourth-order valence-corrected chi connectivity index (χ4v) is 1.02. The third-order valence-electron chi connectivity index (χ3n) is 1.70. The number of hydrogen-bond acceptors (Lipinski definition) is 1. The lowest BCUT2D eigenvalue weighted by atomic mass is 10.1. The maximum atomic E-state index is 12.1. The first kappa shape index (κ1) is 9.13. The summed E-state index contributed by atoms with van der Waals surface area (Å²) in [5.41, 5.74) is 6.70. The van der Waals surface area contributed by atoms with Gasteiger partial charge in [0.25, 0.3) is 6.43 Å². The molecule has 0 unspecified atom stereocenters. The molecule has 0 saturated heterocycles. The van der Waals surface area contributed by atoms with E-state index in [0.717, 1.165) is 5.56 Å². The van der Waals surface area contributed by atoms with Crippen molar-refractivity contribution in [2.24, 2.45) is 5.73 Å². The predicted molar refractivity (Wildman–Crippen MR) is 44.1 cm³/mol. The lowest BCUT2D eigenvalue weighted by Crippen LogP contribution is -2.18. The van der Waals surface area contributed by atoms with Crippen molar-refractivity contribution in [2.75, 3.05) is 0 Å². The van der Waals surface area contributed by atoms with Crippen molar-refractivity contribution in [1.29, 1.82) is 0 Å². The Kier molecular flexibility index (Phi) is 2.76. The number of halogens is 2. The molecule has 66 valence electrons. The summed E-state index contributed by atoms with van der Waals surface area (Å²) in [6.07, 6.45) is -2.49. The molecule has 0 aliphatic heterocycles. The van der Waals surface area contributed by atoms with Crippen molar-refractivity contribution in [2.45, 2.75) is 19.4 Å². The monoisotopic (exact) mass is 171 g/mol. The van der Waals surface area contributed by atoms with Gasteiger partial charge in [-0.3, -0.25) is 0 Å². The molecule has 1 aromatic carbocycles. The van der Waals surface area contributed by atoms with E-state index in [2.05, 4.69) is 0 Å². The Hall–Kier alpha value is -0.960. The molecule has 0 heterocycles. The van der Waals surface area contributed by atoms with Gasteiger partial charge in [-0.25, -0.2) is 8.78 Å². The zero-order valence-electron chi connectivity index (χ0n) is 6.80. The van der Waals surface area contributed by atoms with Crippen LogP contribution in [0.5, 0.6) is 0 Å². The van der Waals surface area contributed by atoms with Gasteiger partial charge in [0.2, 0.25) is 0 Å². The second-order valence-corrected chi connectivity index (χ2v) is 2.77. The molecule has 0 amide bonds. The van der Waals surface area contributed by atoms with Crippen molar-refractivity contribution in [3.63, 3.8) is 0 Å².